The van der Waals surface area contributed by atoms with Gasteiger partial charge < -0.3 is 9.47 Å². The molecule has 3 aromatic carbocycles. The Morgan fingerprint density at radius 3 is 2.46 bits per heavy atom. The fraction of sp³-hybridized carbons (Fsp3) is 0.143. The molecule has 0 atom stereocenters. The summed E-state index contributed by atoms with van der Waals surface area (Å²) in [6, 6.07) is 22.7. The van der Waals surface area contributed by atoms with Crippen LogP contribution in [0, 0.1) is 18.3 Å². The van der Waals surface area contributed by atoms with Crippen molar-refractivity contribution in [1.82, 2.24) is 4.98 Å². The summed E-state index contributed by atoms with van der Waals surface area (Å²) in [7, 11) is 1.62. The number of pyridine rings is 1. The number of benzene rings is 3. The third-order valence-electron chi connectivity index (χ3n) is 5.91. The van der Waals surface area contributed by atoms with Gasteiger partial charge in [-0.15, -0.1) is 0 Å². The fourth-order valence-electron chi connectivity index (χ4n) is 4.16. The number of anilines is 2. The van der Waals surface area contributed by atoms with Gasteiger partial charge in [0, 0.05) is 11.3 Å². The highest BCUT2D eigenvalue weighted by Crippen LogP contribution is 2.43. The lowest BCUT2D eigenvalue weighted by Gasteiger charge is -2.31. The Balaban J connectivity index is 1.81. The number of esters is 1. The summed E-state index contributed by atoms with van der Waals surface area (Å²) in [6.07, 6.45) is 0. The zero-order valence-electron chi connectivity index (χ0n) is 19.6. The van der Waals surface area contributed by atoms with Gasteiger partial charge in [-0.2, -0.15) is 5.26 Å². The highest BCUT2D eigenvalue weighted by Gasteiger charge is 2.29. The zero-order chi connectivity index (χ0) is 24.5. The molecule has 0 unspecified atom stereocenters. The van der Waals surface area contributed by atoms with Crippen molar-refractivity contribution in [1.29, 1.82) is 5.26 Å². The molecule has 172 valence electrons. The Labute approximate surface area is 202 Å². The quantitative estimate of drug-likeness (QED) is 0.347. The molecule has 2 heterocycles. The number of nitrogens with zero attached hydrogens (tertiary/aromatic N) is 4. The van der Waals surface area contributed by atoms with Gasteiger partial charge in [0.05, 0.1) is 36.4 Å². The molecule has 4 aromatic rings. The van der Waals surface area contributed by atoms with Gasteiger partial charge in [0.2, 0.25) is 0 Å². The molecule has 0 N–H and O–H groups in total. The van der Waals surface area contributed by atoms with Crippen molar-refractivity contribution in [3.05, 3.63) is 89.1 Å². The maximum Gasteiger partial charge on any atom is 0.357 e. The summed E-state index contributed by atoms with van der Waals surface area (Å²) in [4.78, 5) is 24.5. The van der Waals surface area contributed by atoms with Gasteiger partial charge in [-0.05, 0) is 85.5 Å². The number of aliphatic imine (C=N–C) groups is 1. The lowest BCUT2D eigenvalue weighted by Crippen LogP contribution is -2.30. The zero-order valence-corrected chi connectivity index (χ0v) is 19.6. The van der Waals surface area contributed by atoms with Crippen molar-refractivity contribution in [2.24, 2.45) is 4.99 Å². The molecule has 0 fully saturated rings. The first-order chi connectivity index (χ1) is 17.0. The molecule has 0 aliphatic carbocycles. The second-order valence-electron chi connectivity index (χ2n) is 8.03. The molecule has 0 amide bonds. The van der Waals surface area contributed by atoms with Crippen LogP contribution in [0.25, 0.3) is 10.8 Å². The van der Waals surface area contributed by atoms with Crippen LogP contribution in [-0.2, 0) is 4.74 Å². The lowest BCUT2D eigenvalue weighted by molar-refractivity contribution is 0.0520. The van der Waals surface area contributed by atoms with Crippen molar-refractivity contribution in [2.75, 3.05) is 18.6 Å². The van der Waals surface area contributed by atoms with Gasteiger partial charge in [0.1, 0.15) is 17.4 Å². The third-order valence-corrected chi connectivity index (χ3v) is 5.91. The van der Waals surface area contributed by atoms with Crippen LogP contribution in [0.1, 0.15) is 34.1 Å². The van der Waals surface area contributed by atoms with E-state index in [0.29, 0.717) is 17.2 Å². The molecule has 7 nitrogen and oxygen atoms in total. The van der Waals surface area contributed by atoms with E-state index in [1.54, 1.807) is 32.2 Å². The monoisotopic (exact) mass is 462 g/mol. The van der Waals surface area contributed by atoms with E-state index >= 15 is 0 Å². The number of carbonyl (C=O) groups excluding carboxylic acids is 1. The standard InChI is InChI=1S/C28H22N4O3/c1-4-35-28(33)24-15-22-17(2)5-14-23-25(22)27(31-24)32(20-10-12-21(34-3)13-11-20)26(30-23)19-8-6-18(16-29)7-9-19/h5-15H,4H2,1-3H3. The number of ether oxygens (including phenoxy) is 2. The Bertz CT molecular complexity index is 1520. The van der Waals surface area contributed by atoms with E-state index in [2.05, 4.69) is 6.07 Å². The Hall–Kier alpha value is -4.70. The van der Waals surface area contributed by atoms with Crippen molar-refractivity contribution in [3.8, 4) is 11.8 Å². The van der Waals surface area contributed by atoms with Crippen LogP contribution >= 0.6 is 0 Å². The van der Waals surface area contributed by atoms with E-state index in [-0.39, 0.29) is 12.3 Å². The average molecular weight is 463 g/mol. The highest BCUT2D eigenvalue weighted by atomic mass is 16.5. The van der Waals surface area contributed by atoms with Crippen molar-refractivity contribution >= 4 is 39.8 Å². The topological polar surface area (TPSA) is 87.8 Å². The molecular formula is C28H22N4O3. The molecular weight excluding hydrogens is 440 g/mol. The summed E-state index contributed by atoms with van der Waals surface area (Å²) in [6.45, 7) is 4.02. The lowest BCUT2D eigenvalue weighted by atomic mass is 10.0. The molecule has 35 heavy (non-hydrogen) atoms. The molecule has 0 bridgehead atoms. The van der Waals surface area contributed by atoms with Gasteiger partial charge in [-0.25, -0.2) is 14.8 Å². The minimum Gasteiger partial charge on any atom is -0.497 e. The number of aromatic nitrogens is 1. The van der Waals surface area contributed by atoms with Gasteiger partial charge in [0.25, 0.3) is 0 Å². The van der Waals surface area contributed by atoms with Crippen LogP contribution in [0.15, 0.2) is 71.7 Å². The summed E-state index contributed by atoms with van der Waals surface area (Å²) in [5.74, 6) is 1.46. The SMILES string of the molecule is CCOC(=O)c1cc2c(C)ccc3c2c(n1)N(c1ccc(OC)cc1)C(c1ccc(C#N)cc1)=N3. The number of hydrogen-bond acceptors (Lipinski definition) is 7. The molecule has 1 aliphatic heterocycles. The maximum atomic E-state index is 12.7. The Morgan fingerprint density at radius 1 is 1.06 bits per heavy atom. The number of methoxy groups -OCH3 is 1. The first-order valence-corrected chi connectivity index (χ1v) is 11.2. The van der Waals surface area contributed by atoms with Crippen molar-refractivity contribution in [2.45, 2.75) is 13.8 Å². The van der Waals surface area contributed by atoms with E-state index in [1.165, 1.54) is 0 Å². The molecule has 7 heteroatoms. The normalized spacial score (nSPS) is 12.2. The fourth-order valence-corrected chi connectivity index (χ4v) is 4.16. The van der Waals surface area contributed by atoms with Crippen LogP contribution in [0.3, 0.4) is 0 Å². The van der Waals surface area contributed by atoms with Crippen LogP contribution < -0.4 is 9.64 Å². The third kappa shape index (κ3) is 3.85. The molecule has 1 aliphatic rings. The number of rotatable bonds is 5. The smallest absolute Gasteiger partial charge is 0.357 e. The summed E-state index contributed by atoms with van der Waals surface area (Å²) >= 11 is 0. The second kappa shape index (κ2) is 8.92. The van der Waals surface area contributed by atoms with Crippen molar-refractivity contribution in [3.63, 3.8) is 0 Å². The van der Waals surface area contributed by atoms with Gasteiger partial charge in [-0.1, -0.05) is 6.07 Å². The number of nitriles is 1. The average Bonchev–Trinajstić information content (AvgIpc) is 2.90. The van der Waals surface area contributed by atoms with Crippen LogP contribution in [0.2, 0.25) is 0 Å². The summed E-state index contributed by atoms with van der Waals surface area (Å²) < 4.78 is 10.6. The van der Waals surface area contributed by atoms with E-state index in [4.69, 9.17) is 19.5 Å². The van der Waals surface area contributed by atoms with E-state index in [9.17, 15) is 10.1 Å². The number of carbonyl (C=O) groups is 1. The molecule has 0 saturated carbocycles. The predicted molar refractivity (Wildman–Crippen MR) is 135 cm³/mol. The van der Waals surface area contributed by atoms with E-state index < -0.39 is 5.97 Å². The summed E-state index contributed by atoms with van der Waals surface area (Å²) in [5, 5.41) is 11.0. The molecule has 1 aromatic heterocycles. The minimum atomic E-state index is -0.479. The largest absolute Gasteiger partial charge is 0.497 e. The summed E-state index contributed by atoms with van der Waals surface area (Å²) in [5.41, 5.74) is 4.16. The van der Waals surface area contributed by atoms with Crippen LogP contribution in [0.5, 0.6) is 5.75 Å². The maximum absolute atomic E-state index is 12.7. The minimum absolute atomic E-state index is 0.231. The number of aryl methyl sites for hydroxylation is 1. The van der Waals surface area contributed by atoms with Gasteiger partial charge in [0.15, 0.2) is 5.69 Å². The van der Waals surface area contributed by atoms with E-state index in [1.807, 2.05) is 60.4 Å². The van der Waals surface area contributed by atoms with Gasteiger partial charge >= 0.3 is 5.97 Å². The highest BCUT2D eigenvalue weighted by molar-refractivity contribution is 6.23. The first kappa shape index (κ1) is 22.1. The molecule has 0 saturated heterocycles. The number of amidine groups is 1. The Morgan fingerprint density at radius 2 is 1.80 bits per heavy atom. The van der Waals surface area contributed by atoms with Crippen LogP contribution in [0.4, 0.5) is 17.2 Å². The molecule has 0 radical (unpaired) electrons. The Kier molecular flexibility index (Phi) is 5.63. The molecule has 5 rings (SSSR count). The first-order valence-electron chi connectivity index (χ1n) is 11.2. The van der Waals surface area contributed by atoms with Gasteiger partial charge in [-0.3, -0.25) is 4.90 Å². The predicted octanol–water partition coefficient (Wildman–Crippen LogP) is 5.83. The molecule has 0 spiro atoms. The second-order valence-corrected chi connectivity index (χ2v) is 8.03. The van der Waals surface area contributed by atoms with Crippen molar-refractivity contribution < 1.29 is 14.3 Å². The van der Waals surface area contributed by atoms with E-state index in [0.717, 1.165) is 39.0 Å². The van der Waals surface area contributed by atoms with Crippen LogP contribution in [-0.4, -0.2) is 30.5 Å². The number of hydrogen-bond donors (Lipinski definition) is 0.